The van der Waals surface area contributed by atoms with Crippen LogP contribution in [0.5, 0.6) is 0 Å². The van der Waals surface area contributed by atoms with E-state index in [9.17, 15) is 9.59 Å². The molecule has 1 atom stereocenters. The van der Waals surface area contributed by atoms with Crippen LogP contribution in [0.4, 0.5) is 5.69 Å². The maximum atomic E-state index is 13.2. The SMILES string of the molecule is Cc1ccc(NC(=O)C(c2ccccc2)N2CCN(C(=O)C(C)C)CC2)cc1. The molecule has 0 spiro atoms. The van der Waals surface area contributed by atoms with Gasteiger partial charge in [-0.05, 0) is 24.6 Å². The number of nitrogens with zero attached hydrogens (tertiary/aromatic N) is 2. The summed E-state index contributed by atoms with van der Waals surface area (Å²) >= 11 is 0. The van der Waals surface area contributed by atoms with Crippen LogP contribution in [-0.2, 0) is 9.59 Å². The van der Waals surface area contributed by atoms with E-state index in [0.717, 1.165) is 16.8 Å². The van der Waals surface area contributed by atoms with Crippen LogP contribution in [-0.4, -0.2) is 47.8 Å². The summed E-state index contributed by atoms with van der Waals surface area (Å²) in [6.07, 6.45) is 0. The van der Waals surface area contributed by atoms with Gasteiger partial charge in [-0.25, -0.2) is 0 Å². The van der Waals surface area contributed by atoms with Crippen molar-refractivity contribution in [2.75, 3.05) is 31.5 Å². The van der Waals surface area contributed by atoms with Crippen molar-refractivity contribution in [2.24, 2.45) is 5.92 Å². The number of benzene rings is 2. The lowest BCUT2D eigenvalue weighted by Gasteiger charge is -2.39. The molecule has 148 valence electrons. The van der Waals surface area contributed by atoms with Crippen LogP contribution >= 0.6 is 0 Å². The number of rotatable bonds is 5. The Kier molecular flexibility index (Phi) is 6.47. The van der Waals surface area contributed by atoms with Gasteiger partial charge < -0.3 is 10.2 Å². The van der Waals surface area contributed by atoms with Crippen molar-refractivity contribution in [1.82, 2.24) is 9.80 Å². The first kappa shape index (κ1) is 20.1. The number of aryl methyl sites for hydroxylation is 1. The first-order chi connectivity index (χ1) is 13.5. The molecule has 5 heteroatoms. The Morgan fingerprint density at radius 3 is 2.07 bits per heavy atom. The fourth-order valence-electron chi connectivity index (χ4n) is 3.58. The van der Waals surface area contributed by atoms with E-state index in [1.165, 1.54) is 0 Å². The number of carbonyl (C=O) groups is 2. The topological polar surface area (TPSA) is 52.7 Å². The Morgan fingerprint density at radius 1 is 0.893 bits per heavy atom. The number of carbonyl (C=O) groups excluding carboxylic acids is 2. The van der Waals surface area contributed by atoms with Gasteiger partial charge in [0.2, 0.25) is 11.8 Å². The van der Waals surface area contributed by atoms with Crippen molar-refractivity contribution >= 4 is 17.5 Å². The quantitative estimate of drug-likeness (QED) is 0.865. The number of nitrogens with one attached hydrogen (secondary N) is 1. The summed E-state index contributed by atoms with van der Waals surface area (Å²) in [4.78, 5) is 29.5. The highest BCUT2D eigenvalue weighted by atomic mass is 16.2. The minimum atomic E-state index is -0.376. The molecule has 0 aromatic heterocycles. The zero-order valence-corrected chi connectivity index (χ0v) is 16.9. The molecule has 2 amide bonds. The Balaban J connectivity index is 1.76. The molecule has 3 rings (SSSR count). The highest BCUT2D eigenvalue weighted by molar-refractivity contribution is 5.95. The van der Waals surface area contributed by atoms with Gasteiger partial charge in [-0.3, -0.25) is 14.5 Å². The van der Waals surface area contributed by atoms with Gasteiger partial charge in [0.15, 0.2) is 0 Å². The van der Waals surface area contributed by atoms with E-state index in [4.69, 9.17) is 0 Å². The molecule has 1 heterocycles. The molecule has 1 unspecified atom stereocenters. The van der Waals surface area contributed by atoms with E-state index in [2.05, 4.69) is 10.2 Å². The molecular formula is C23H29N3O2. The molecule has 1 N–H and O–H groups in total. The van der Waals surface area contributed by atoms with Crippen LogP contribution < -0.4 is 5.32 Å². The zero-order valence-electron chi connectivity index (χ0n) is 16.9. The number of amides is 2. The summed E-state index contributed by atoms with van der Waals surface area (Å²) < 4.78 is 0. The molecule has 0 bridgehead atoms. The van der Waals surface area contributed by atoms with E-state index in [-0.39, 0.29) is 23.8 Å². The molecule has 1 fully saturated rings. The summed E-state index contributed by atoms with van der Waals surface area (Å²) in [5.74, 6) is 0.139. The van der Waals surface area contributed by atoms with Crippen molar-refractivity contribution in [3.8, 4) is 0 Å². The monoisotopic (exact) mass is 379 g/mol. The Hall–Kier alpha value is -2.66. The first-order valence-electron chi connectivity index (χ1n) is 9.91. The summed E-state index contributed by atoms with van der Waals surface area (Å²) in [6.45, 7) is 8.54. The number of piperazine rings is 1. The van der Waals surface area contributed by atoms with Gasteiger partial charge in [0.05, 0.1) is 0 Å². The second-order valence-electron chi connectivity index (χ2n) is 7.68. The number of hydrogen-bond acceptors (Lipinski definition) is 3. The molecular weight excluding hydrogens is 350 g/mol. The first-order valence-corrected chi connectivity index (χ1v) is 9.91. The lowest BCUT2D eigenvalue weighted by Crippen LogP contribution is -2.52. The Bertz CT molecular complexity index is 794. The van der Waals surface area contributed by atoms with Crippen molar-refractivity contribution < 1.29 is 9.59 Å². The normalized spacial score (nSPS) is 16.1. The van der Waals surface area contributed by atoms with Gasteiger partial charge >= 0.3 is 0 Å². The molecule has 2 aromatic carbocycles. The van der Waals surface area contributed by atoms with Crippen molar-refractivity contribution in [1.29, 1.82) is 0 Å². The molecule has 1 aliphatic heterocycles. The van der Waals surface area contributed by atoms with Crippen molar-refractivity contribution in [3.05, 3.63) is 65.7 Å². The largest absolute Gasteiger partial charge is 0.340 e. The maximum Gasteiger partial charge on any atom is 0.246 e. The molecule has 1 saturated heterocycles. The summed E-state index contributed by atoms with van der Waals surface area (Å²) in [7, 11) is 0. The van der Waals surface area contributed by atoms with Gasteiger partial charge in [0.25, 0.3) is 0 Å². The molecule has 2 aromatic rings. The number of anilines is 1. The van der Waals surface area contributed by atoms with Gasteiger partial charge in [0.1, 0.15) is 6.04 Å². The van der Waals surface area contributed by atoms with Crippen LogP contribution in [0, 0.1) is 12.8 Å². The summed E-state index contributed by atoms with van der Waals surface area (Å²) in [6, 6.07) is 17.3. The average Bonchev–Trinajstić information content (AvgIpc) is 2.70. The second-order valence-corrected chi connectivity index (χ2v) is 7.68. The zero-order chi connectivity index (χ0) is 20.1. The molecule has 1 aliphatic rings. The van der Waals surface area contributed by atoms with Crippen molar-refractivity contribution in [2.45, 2.75) is 26.8 Å². The molecule has 0 aliphatic carbocycles. The molecule has 0 saturated carbocycles. The predicted octanol–water partition coefficient (Wildman–Crippen LogP) is 3.48. The predicted molar refractivity (Wildman–Crippen MR) is 112 cm³/mol. The molecule has 0 radical (unpaired) electrons. The highest BCUT2D eigenvalue weighted by Gasteiger charge is 2.32. The fraction of sp³-hybridized carbons (Fsp3) is 0.391. The standard InChI is InChI=1S/C23H29N3O2/c1-17(2)23(28)26-15-13-25(14-16-26)21(19-7-5-4-6-8-19)22(27)24-20-11-9-18(3)10-12-20/h4-12,17,21H,13-16H2,1-3H3,(H,24,27). The lowest BCUT2D eigenvalue weighted by atomic mass is 10.0. The van der Waals surface area contributed by atoms with Gasteiger partial charge in [-0.2, -0.15) is 0 Å². The summed E-state index contributed by atoms with van der Waals surface area (Å²) in [5.41, 5.74) is 2.92. The van der Waals surface area contributed by atoms with Gasteiger partial charge in [-0.15, -0.1) is 0 Å². The lowest BCUT2D eigenvalue weighted by molar-refractivity contribution is -0.137. The third-order valence-electron chi connectivity index (χ3n) is 5.17. The van der Waals surface area contributed by atoms with Gasteiger partial charge in [-0.1, -0.05) is 61.9 Å². The second kappa shape index (κ2) is 9.02. The van der Waals surface area contributed by atoms with E-state index in [0.29, 0.717) is 26.2 Å². The molecule has 28 heavy (non-hydrogen) atoms. The summed E-state index contributed by atoms with van der Waals surface area (Å²) in [5, 5.41) is 3.06. The van der Waals surface area contributed by atoms with Crippen LogP contribution in [0.25, 0.3) is 0 Å². The Morgan fingerprint density at radius 2 is 1.50 bits per heavy atom. The van der Waals surface area contributed by atoms with Gasteiger partial charge in [0, 0.05) is 37.8 Å². The highest BCUT2D eigenvalue weighted by Crippen LogP contribution is 2.25. The minimum Gasteiger partial charge on any atom is -0.340 e. The van der Waals surface area contributed by atoms with E-state index < -0.39 is 0 Å². The third kappa shape index (κ3) is 4.78. The van der Waals surface area contributed by atoms with E-state index >= 15 is 0 Å². The average molecular weight is 380 g/mol. The van der Waals surface area contributed by atoms with Crippen LogP contribution in [0.1, 0.15) is 31.0 Å². The van der Waals surface area contributed by atoms with Crippen LogP contribution in [0.3, 0.4) is 0 Å². The fourth-order valence-corrected chi connectivity index (χ4v) is 3.58. The number of hydrogen-bond donors (Lipinski definition) is 1. The van der Waals surface area contributed by atoms with Crippen LogP contribution in [0.15, 0.2) is 54.6 Å². The van der Waals surface area contributed by atoms with Crippen LogP contribution in [0.2, 0.25) is 0 Å². The third-order valence-corrected chi connectivity index (χ3v) is 5.17. The van der Waals surface area contributed by atoms with E-state index in [1.54, 1.807) is 0 Å². The Labute approximate surface area is 167 Å². The van der Waals surface area contributed by atoms with Crippen molar-refractivity contribution in [3.63, 3.8) is 0 Å². The smallest absolute Gasteiger partial charge is 0.246 e. The minimum absolute atomic E-state index is 0.00121. The molecule has 5 nitrogen and oxygen atoms in total. The maximum absolute atomic E-state index is 13.2. The van der Waals surface area contributed by atoms with E-state index in [1.807, 2.05) is 80.3 Å².